The van der Waals surface area contributed by atoms with E-state index >= 15 is 0 Å². The van der Waals surface area contributed by atoms with Crippen molar-refractivity contribution in [3.8, 4) is 5.75 Å². The van der Waals surface area contributed by atoms with Crippen molar-refractivity contribution in [3.63, 3.8) is 0 Å². The van der Waals surface area contributed by atoms with Gasteiger partial charge in [-0.3, -0.25) is 4.79 Å². The SMILES string of the molecule is CC(=O)c1ccc(OC[C@H](O)CNC(C)(C)C)cc1. The summed E-state index contributed by atoms with van der Waals surface area (Å²) in [6.45, 7) is 8.36. The fraction of sp³-hybridized carbons (Fsp3) is 0.533. The molecule has 0 saturated carbocycles. The summed E-state index contributed by atoms with van der Waals surface area (Å²) in [5, 5.41) is 13.0. The third kappa shape index (κ3) is 6.36. The molecule has 1 atom stereocenters. The van der Waals surface area contributed by atoms with Gasteiger partial charge in [0, 0.05) is 17.6 Å². The Morgan fingerprint density at radius 1 is 1.32 bits per heavy atom. The number of aliphatic hydroxyl groups excluding tert-OH is 1. The van der Waals surface area contributed by atoms with E-state index in [1.165, 1.54) is 6.92 Å². The summed E-state index contributed by atoms with van der Waals surface area (Å²) in [5.74, 6) is 0.681. The third-order valence-electron chi connectivity index (χ3n) is 2.57. The Morgan fingerprint density at radius 2 is 1.89 bits per heavy atom. The highest BCUT2D eigenvalue weighted by Gasteiger charge is 2.12. The normalized spacial score (nSPS) is 13.1. The minimum absolute atomic E-state index is 0.0237. The van der Waals surface area contributed by atoms with E-state index in [1.807, 2.05) is 20.8 Å². The van der Waals surface area contributed by atoms with Crippen LogP contribution in [-0.2, 0) is 0 Å². The average molecular weight is 265 g/mol. The summed E-state index contributed by atoms with van der Waals surface area (Å²) >= 11 is 0. The topological polar surface area (TPSA) is 58.6 Å². The lowest BCUT2D eigenvalue weighted by molar-refractivity contribution is 0.0995. The van der Waals surface area contributed by atoms with Crippen LogP contribution in [0.5, 0.6) is 5.75 Å². The van der Waals surface area contributed by atoms with Gasteiger partial charge in [0.05, 0.1) is 0 Å². The molecule has 0 aliphatic heterocycles. The molecule has 106 valence electrons. The summed E-state index contributed by atoms with van der Waals surface area (Å²) in [7, 11) is 0. The van der Waals surface area contributed by atoms with Crippen LogP contribution in [0.4, 0.5) is 0 Å². The molecule has 0 saturated heterocycles. The molecule has 4 heteroatoms. The Bertz CT molecular complexity index is 406. The first-order valence-electron chi connectivity index (χ1n) is 6.45. The van der Waals surface area contributed by atoms with Crippen LogP contribution in [0.15, 0.2) is 24.3 Å². The average Bonchev–Trinajstić information content (AvgIpc) is 2.33. The van der Waals surface area contributed by atoms with Crippen LogP contribution in [0.2, 0.25) is 0 Å². The lowest BCUT2D eigenvalue weighted by Gasteiger charge is -2.22. The van der Waals surface area contributed by atoms with Crippen molar-refractivity contribution in [2.75, 3.05) is 13.2 Å². The van der Waals surface area contributed by atoms with Crippen LogP contribution in [0, 0.1) is 0 Å². The van der Waals surface area contributed by atoms with Crippen LogP contribution in [0.3, 0.4) is 0 Å². The first-order valence-corrected chi connectivity index (χ1v) is 6.45. The smallest absolute Gasteiger partial charge is 0.159 e. The van der Waals surface area contributed by atoms with Gasteiger partial charge < -0.3 is 15.2 Å². The molecule has 0 aliphatic rings. The van der Waals surface area contributed by atoms with E-state index < -0.39 is 6.10 Å². The fourth-order valence-corrected chi connectivity index (χ4v) is 1.46. The second-order valence-electron chi connectivity index (χ2n) is 5.68. The van der Waals surface area contributed by atoms with Crippen molar-refractivity contribution in [1.29, 1.82) is 0 Å². The minimum Gasteiger partial charge on any atom is -0.491 e. The number of ketones is 1. The largest absolute Gasteiger partial charge is 0.491 e. The Hall–Kier alpha value is -1.39. The van der Waals surface area contributed by atoms with E-state index in [-0.39, 0.29) is 17.9 Å². The standard InChI is InChI=1S/C15H23NO3/c1-11(17)12-5-7-14(8-6-12)19-10-13(18)9-16-15(2,3)4/h5-8,13,16,18H,9-10H2,1-4H3/t13-/m1/s1. The van der Waals surface area contributed by atoms with E-state index in [9.17, 15) is 9.90 Å². The van der Waals surface area contributed by atoms with Crippen molar-refractivity contribution in [2.45, 2.75) is 39.3 Å². The van der Waals surface area contributed by atoms with Gasteiger partial charge >= 0.3 is 0 Å². The molecule has 0 fully saturated rings. The maximum absolute atomic E-state index is 11.1. The van der Waals surface area contributed by atoms with Gasteiger partial charge in [0.2, 0.25) is 0 Å². The van der Waals surface area contributed by atoms with Gasteiger partial charge in [0.15, 0.2) is 5.78 Å². The number of β-amino-alcohol motifs (C(OH)–C–C–N with tert-alkyl or cyclic N) is 1. The number of carbonyl (C=O) groups is 1. The number of ether oxygens (including phenoxy) is 1. The molecule has 0 amide bonds. The summed E-state index contributed by atoms with van der Waals surface area (Å²) < 4.78 is 5.47. The van der Waals surface area contributed by atoms with Crippen LogP contribution in [0.25, 0.3) is 0 Å². The molecule has 19 heavy (non-hydrogen) atoms. The highest BCUT2D eigenvalue weighted by molar-refractivity contribution is 5.94. The van der Waals surface area contributed by atoms with Crippen molar-refractivity contribution in [1.82, 2.24) is 5.32 Å². The minimum atomic E-state index is -0.563. The number of Topliss-reactive ketones (excluding diaryl/α,β-unsaturated/α-hetero) is 1. The zero-order valence-corrected chi connectivity index (χ0v) is 12.1. The molecule has 0 aliphatic carbocycles. The summed E-state index contributed by atoms with van der Waals surface area (Å²) in [5.41, 5.74) is 0.631. The zero-order valence-electron chi connectivity index (χ0n) is 12.1. The molecule has 0 radical (unpaired) electrons. The second-order valence-corrected chi connectivity index (χ2v) is 5.68. The van der Waals surface area contributed by atoms with Crippen molar-refractivity contribution in [2.24, 2.45) is 0 Å². The molecule has 1 rings (SSSR count). The molecule has 0 spiro atoms. The van der Waals surface area contributed by atoms with Gasteiger partial charge in [0.25, 0.3) is 0 Å². The Morgan fingerprint density at radius 3 is 2.37 bits per heavy atom. The second kappa shape index (κ2) is 6.68. The van der Waals surface area contributed by atoms with Gasteiger partial charge in [-0.25, -0.2) is 0 Å². The molecule has 1 aromatic carbocycles. The number of hydrogen-bond donors (Lipinski definition) is 2. The predicted octanol–water partition coefficient (Wildman–Crippen LogP) is 2.02. The zero-order chi connectivity index (χ0) is 14.5. The summed E-state index contributed by atoms with van der Waals surface area (Å²) in [4.78, 5) is 11.1. The lowest BCUT2D eigenvalue weighted by atomic mass is 10.1. The Kier molecular flexibility index (Phi) is 5.51. The molecular weight excluding hydrogens is 242 g/mol. The first-order chi connectivity index (χ1) is 8.78. The van der Waals surface area contributed by atoms with E-state index in [1.54, 1.807) is 24.3 Å². The number of rotatable bonds is 6. The Balaban J connectivity index is 2.37. The number of aliphatic hydroxyl groups is 1. The van der Waals surface area contributed by atoms with Crippen molar-refractivity contribution >= 4 is 5.78 Å². The van der Waals surface area contributed by atoms with E-state index in [2.05, 4.69) is 5.32 Å². The van der Waals surface area contributed by atoms with Crippen LogP contribution >= 0.6 is 0 Å². The van der Waals surface area contributed by atoms with Crippen LogP contribution in [0.1, 0.15) is 38.1 Å². The molecule has 2 N–H and O–H groups in total. The lowest BCUT2D eigenvalue weighted by Crippen LogP contribution is -2.42. The van der Waals surface area contributed by atoms with E-state index in [0.717, 1.165) is 0 Å². The first kappa shape index (κ1) is 15.7. The van der Waals surface area contributed by atoms with Gasteiger partial charge in [-0.15, -0.1) is 0 Å². The molecule has 0 unspecified atom stereocenters. The van der Waals surface area contributed by atoms with Crippen molar-refractivity contribution < 1.29 is 14.6 Å². The number of carbonyl (C=O) groups excluding carboxylic acids is 1. The third-order valence-corrected chi connectivity index (χ3v) is 2.57. The summed E-state index contributed by atoms with van der Waals surface area (Å²) in [6.07, 6.45) is -0.563. The number of hydrogen-bond acceptors (Lipinski definition) is 4. The number of benzene rings is 1. The van der Waals surface area contributed by atoms with Crippen LogP contribution in [-0.4, -0.2) is 35.7 Å². The fourth-order valence-electron chi connectivity index (χ4n) is 1.46. The highest BCUT2D eigenvalue weighted by Crippen LogP contribution is 2.12. The quantitative estimate of drug-likeness (QED) is 0.773. The van der Waals surface area contributed by atoms with Gasteiger partial charge in [-0.2, -0.15) is 0 Å². The Labute approximate surface area is 114 Å². The van der Waals surface area contributed by atoms with Crippen molar-refractivity contribution in [3.05, 3.63) is 29.8 Å². The maximum Gasteiger partial charge on any atom is 0.159 e. The van der Waals surface area contributed by atoms with E-state index in [0.29, 0.717) is 17.9 Å². The van der Waals surface area contributed by atoms with Gasteiger partial charge in [-0.05, 0) is 52.0 Å². The molecule has 0 bridgehead atoms. The highest BCUT2D eigenvalue weighted by atomic mass is 16.5. The molecule has 0 aromatic heterocycles. The van der Waals surface area contributed by atoms with Gasteiger partial charge in [0.1, 0.15) is 18.5 Å². The summed E-state index contributed by atoms with van der Waals surface area (Å²) in [6, 6.07) is 6.91. The van der Waals surface area contributed by atoms with Crippen LogP contribution < -0.4 is 10.1 Å². The van der Waals surface area contributed by atoms with E-state index in [4.69, 9.17) is 4.74 Å². The molecule has 0 heterocycles. The predicted molar refractivity (Wildman–Crippen MR) is 75.7 cm³/mol. The maximum atomic E-state index is 11.1. The molecular formula is C15H23NO3. The number of nitrogens with one attached hydrogen (secondary N) is 1. The monoisotopic (exact) mass is 265 g/mol. The van der Waals surface area contributed by atoms with Gasteiger partial charge in [-0.1, -0.05) is 0 Å². The molecule has 1 aromatic rings. The molecule has 4 nitrogen and oxygen atoms in total.